The third-order valence-electron chi connectivity index (χ3n) is 3.44. The largest absolute Gasteiger partial charge is 0.399 e. The third kappa shape index (κ3) is 3.24. The predicted octanol–water partition coefficient (Wildman–Crippen LogP) is 0.548. The lowest BCUT2D eigenvalue weighted by Crippen LogP contribution is -2.40. The van der Waals surface area contributed by atoms with Gasteiger partial charge in [-0.1, -0.05) is 18.2 Å². The van der Waals surface area contributed by atoms with Gasteiger partial charge < -0.3 is 16.0 Å². The molecule has 3 N–H and O–H groups in total. The number of rotatable bonds is 4. The number of nitrogens with two attached hydrogens (primary N) is 1. The highest BCUT2D eigenvalue weighted by atomic mass is 16.2. The third-order valence-corrected chi connectivity index (χ3v) is 3.44. The summed E-state index contributed by atoms with van der Waals surface area (Å²) in [5.41, 5.74) is 7.48. The lowest BCUT2D eigenvalue weighted by Gasteiger charge is -2.12. The molecular weight excluding hydrogens is 242 g/mol. The standard InChI is InChI=1S/C14H19N3O2/c1-17-9-8-12(14(17)19)16-13(18)7-6-10-4-2-3-5-11(10)15/h2-5,12H,6-9,15H2,1H3,(H,16,18). The lowest BCUT2D eigenvalue weighted by molar-refractivity contribution is -0.131. The molecule has 2 rings (SSSR count). The molecule has 0 radical (unpaired) electrons. The highest BCUT2D eigenvalue weighted by Gasteiger charge is 2.29. The van der Waals surface area contributed by atoms with Crippen LogP contribution in [0.4, 0.5) is 5.69 Å². The Balaban J connectivity index is 1.82. The molecular formula is C14H19N3O2. The van der Waals surface area contributed by atoms with Crippen molar-refractivity contribution in [2.75, 3.05) is 19.3 Å². The van der Waals surface area contributed by atoms with Crippen molar-refractivity contribution in [3.05, 3.63) is 29.8 Å². The molecule has 0 bridgehead atoms. The van der Waals surface area contributed by atoms with Crippen LogP contribution in [-0.2, 0) is 16.0 Å². The summed E-state index contributed by atoms with van der Waals surface area (Å²) < 4.78 is 0. The Hall–Kier alpha value is -2.04. The summed E-state index contributed by atoms with van der Waals surface area (Å²) >= 11 is 0. The van der Waals surface area contributed by atoms with Crippen LogP contribution in [0.5, 0.6) is 0 Å². The van der Waals surface area contributed by atoms with Gasteiger partial charge in [-0.25, -0.2) is 0 Å². The molecule has 1 aliphatic rings. The topological polar surface area (TPSA) is 75.4 Å². The van der Waals surface area contributed by atoms with Crippen LogP contribution in [0.15, 0.2) is 24.3 Å². The second kappa shape index (κ2) is 5.73. The molecule has 0 aromatic heterocycles. The molecule has 1 heterocycles. The molecule has 0 aliphatic carbocycles. The molecule has 1 atom stereocenters. The maximum absolute atomic E-state index is 11.8. The molecule has 2 amide bonds. The molecule has 1 aliphatic heterocycles. The Morgan fingerprint density at radius 1 is 1.47 bits per heavy atom. The predicted molar refractivity (Wildman–Crippen MR) is 73.4 cm³/mol. The number of likely N-dealkylation sites (N-methyl/N-ethyl adjacent to an activating group) is 1. The van der Waals surface area contributed by atoms with E-state index in [1.807, 2.05) is 24.3 Å². The summed E-state index contributed by atoms with van der Waals surface area (Å²) in [7, 11) is 1.75. The van der Waals surface area contributed by atoms with Crippen molar-refractivity contribution in [3.8, 4) is 0 Å². The number of likely N-dealkylation sites (tertiary alicyclic amines) is 1. The summed E-state index contributed by atoms with van der Waals surface area (Å²) in [6, 6.07) is 7.15. The van der Waals surface area contributed by atoms with Crippen molar-refractivity contribution in [3.63, 3.8) is 0 Å². The van der Waals surface area contributed by atoms with Crippen LogP contribution in [0, 0.1) is 0 Å². The van der Waals surface area contributed by atoms with Gasteiger partial charge in [0.05, 0.1) is 0 Å². The Morgan fingerprint density at radius 2 is 2.21 bits per heavy atom. The monoisotopic (exact) mass is 261 g/mol. The van der Waals surface area contributed by atoms with Crippen molar-refractivity contribution in [1.29, 1.82) is 0 Å². The average Bonchev–Trinajstić information content (AvgIpc) is 2.70. The first-order valence-electron chi connectivity index (χ1n) is 6.45. The highest BCUT2D eigenvalue weighted by Crippen LogP contribution is 2.13. The van der Waals surface area contributed by atoms with Crippen LogP contribution < -0.4 is 11.1 Å². The molecule has 0 spiro atoms. The van der Waals surface area contributed by atoms with Crippen LogP contribution in [0.2, 0.25) is 0 Å². The number of nitrogens with zero attached hydrogens (tertiary/aromatic N) is 1. The summed E-state index contributed by atoms with van der Waals surface area (Å²) in [4.78, 5) is 25.1. The van der Waals surface area contributed by atoms with E-state index in [1.54, 1.807) is 11.9 Å². The fraction of sp³-hybridized carbons (Fsp3) is 0.429. The zero-order chi connectivity index (χ0) is 13.8. The lowest BCUT2D eigenvalue weighted by atomic mass is 10.1. The number of carbonyl (C=O) groups excluding carboxylic acids is 2. The minimum absolute atomic E-state index is 0.00687. The maximum atomic E-state index is 11.8. The van der Waals surface area contributed by atoms with Gasteiger partial charge in [-0.05, 0) is 24.5 Å². The number of para-hydroxylation sites is 1. The first-order valence-corrected chi connectivity index (χ1v) is 6.45. The molecule has 1 aromatic rings. The SMILES string of the molecule is CN1CCC(NC(=O)CCc2ccccc2N)C1=O. The minimum Gasteiger partial charge on any atom is -0.399 e. The number of carbonyl (C=O) groups is 2. The van der Waals surface area contributed by atoms with Crippen LogP contribution in [0.1, 0.15) is 18.4 Å². The van der Waals surface area contributed by atoms with Crippen LogP contribution in [0.3, 0.4) is 0 Å². The molecule has 19 heavy (non-hydrogen) atoms. The van der Waals surface area contributed by atoms with Crippen LogP contribution in [-0.4, -0.2) is 36.3 Å². The zero-order valence-corrected chi connectivity index (χ0v) is 11.1. The van der Waals surface area contributed by atoms with Gasteiger partial charge in [0.15, 0.2) is 0 Å². The maximum Gasteiger partial charge on any atom is 0.244 e. The number of aryl methyl sites for hydroxylation is 1. The van der Waals surface area contributed by atoms with E-state index in [-0.39, 0.29) is 17.9 Å². The zero-order valence-electron chi connectivity index (χ0n) is 11.1. The second-order valence-corrected chi connectivity index (χ2v) is 4.87. The quantitative estimate of drug-likeness (QED) is 0.777. The molecule has 1 unspecified atom stereocenters. The van der Waals surface area contributed by atoms with E-state index in [4.69, 9.17) is 5.73 Å². The van der Waals surface area contributed by atoms with Gasteiger partial charge in [0.1, 0.15) is 6.04 Å². The van der Waals surface area contributed by atoms with Gasteiger partial charge in [-0.15, -0.1) is 0 Å². The number of hydrogen-bond donors (Lipinski definition) is 2. The summed E-state index contributed by atoms with van der Waals surface area (Å²) in [6.07, 6.45) is 1.63. The van der Waals surface area contributed by atoms with Crippen molar-refractivity contribution < 1.29 is 9.59 Å². The number of nitrogens with one attached hydrogen (secondary N) is 1. The van der Waals surface area contributed by atoms with Gasteiger partial charge in [0.2, 0.25) is 11.8 Å². The van der Waals surface area contributed by atoms with E-state index in [0.29, 0.717) is 31.5 Å². The number of benzene rings is 1. The highest BCUT2D eigenvalue weighted by molar-refractivity contribution is 5.89. The van der Waals surface area contributed by atoms with Crippen molar-refractivity contribution in [2.45, 2.75) is 25.3 Å². The van der Waals surface area contributed by atoms with Crippen molar-refractivity contribution >= 4 is 17.5 Å². The summed E-state index contributed by atoms with van der Waals surface area (Å²) in [5.74, 6) is -0.107. The Kier molecular flexibility index (Phi) is 4.04. The molecule has 5 heteroatoms. The number of hydrogen-bond acceptors (Lipinski definition) is 3. The van der Waals surface area contributed by atoms with Crippen LogP contribution in [0.25, 0.3) is 0 Å². The molecule has 1 fully saturated rings. The normalized spacial score (nSPS) is 18.7. The van der Waals surface area contributed by atoms with E-state index in [9.17, 15) is 9.59 Å². The van der Waals surface area contributed by atoms with Gasteiger partial charge in [-0.2, -0.15) is 0 Å². The van der Waals surface area contributed by atoms with E-state index >= 15 is 0 Å². The first kappa shape index (κ1) is 13.4. The Morgan fingerprint density at radius 3 is 2.84 bits per heavy atom. The van der Waals surface area contributed by atoms with E-state index in [0.717, 1.165) is 5.56 Å². The first-order chi connectivity index (χ1) is 9.08. The van der Waals surface area contributed by atoms with Gasteiger partial charge >= 0.3 is 0 Å². The fourth-order valence-corrected chi connectivity index (χ4v) is 2.23. The number of nitrogen functional groups attached to an aromatic ring is 1. The minimum atomic E-state index is -0.356. The fourth-order valence-electron chi connectivity index (χ4n) is 2.23. The molecule has 102 valence electrons. The summed E-state index contributed by atoms with van der Waals surface area (Å²) in [5, 5.41) is 2.78. The van der Waals surface area contributed by atoms with E-state index in [2.05, 4.69) is 5.32 Å². The molecule has 1 saturated heterocycles. The van der Waals surface area contributed by atoms with Gasteiger partial charge in [-0.3, -0.25) is 9.59 Å². The smallest absolute Gasteiger partial charge is 0.244 e. The number of amides is 2. The van der Waals surface area contributed by atoms with Gasteiger partial charge in [0.25, 0.3) is 0 Å². The molecule has 0 saturated carbocycles. The second-order valence-electron chi connectivity index (χ2n) is 4.87. The van der Waals surface area contributed by atoms with Crippen molar-refractivity contribution in [1.82, 2.24) is 10.2 Å². The molecule has 5 nitrogen and oxygen atoms in total. The average molecular weight is 261 g/mol. The molecule has 1 aromatic carbocycles. The van der Waals surface area contributed by atoms with E-state index in [1.165, 1.54) is 0 Å². The van der Waals surface area contributed by atoms with Crippen LogP contribution >= 0.6 is 0 Å². The van der Waals surface area contributed by atoms with Gasteiger partial charge in [0, 0.05) is 25.7 Å². The number of anilines is 1. The summed E-state index contributed by atoms with van der Waals surface area (Å²) in [6.45, 7) is 0.704. The Bertz CT molecular complexity index is 487. The Labute approximate surface area is 112 Å². The van der Waals surface area contributed by atoms with E-state index < -0.39 is 0 Å². The van der Waals surface area contributed by atoms with Crippen molar-refractivity contribution in [2.24, 2.45) is 0 Å².